The first-order valence-electron chi connectivity index (χ1n) is 8.37. The third-order valence-corrected chi connectivity index (χ3v) is 5.72. The van der Waals surface area contributed by atoms with Gasteiger partial charge in [0.1, 0.15) is 5.75 Å². The van der Waals surface area contributed by atoms with Gasteiger partial charge >= 0.3 is 0 Å². The zero-order chi connectivity index (χ0) is 20.1. The van der Waals surface area contributed by atoms with Gasteiger partial charge in [0.15, 0.2) is 0 Å². The number of rotatable bonds is 7. The number of halogens is 1. The summed E-state index contributed by atoms with van der Waals surface area (Å²) in [5.74, 6) is 0.564. The van der Waals surface area contributed by atoms with Crippen molar-refractivity contribution in [2.75, 3.05) is 13.7 Å². The van der Waals surface area contributed by atoms with Crippen LogP contribution < -0.4 is 15.0 Å². The molecule has 7 nitrogen and oxygen atoms in total. The van der Waals surface area contributed by atoms with Crippen molar-refractivity contribution in [2.24, 2.45) is 0 Å². The van der Waals surface area contributed by atoms with Crippen LogP contribution in [0.5, 0.6) is 5.75 Å². The van der Waals surface area contributed by atoms with Crippen molar-refractivity contribution >= 4 is 21.6 Å². The summed E-state index contributed by atoms with van der Waals surface area (Å²) in [4.78, 5) is 12.2. The number of sulfonamides is 1. The Kier molecular flexibility index (Phi) is 6.13. The van der Waals surface area contributed by atoms with E-state index in [1.807, 2.05) is 0 Å². The van der Waals surface area contributed by atoms with Crippen molar-refractivity contribution in [1.29, 1.82) is 0 Å². The summed E-state index contributed by atoms with van der Waals surface area (Å²) in [6.07, 6.45) is 0. The van der Waals surface area contributed by atoms with E-state index >= 15 is 0 Å². The van der Waals surface area contributed by atoms with Crippen LogP contribution in [0.3, 0.4) is 0 Å². The molecule has 28 heavy (non-hydrogen) atoms. The molecule has 0 spiro atoms. The van der Waals surface area contributed by atoms with E-state index in [2.05, 4.69) is 9.82 Å². The molecule has 9 heteroatoms. The number of methoxy groups -OCH3 is 1. The summed E-state index contributed by atoms with van der Waals surface area (Å²) in [6, 6.07) is 16.1. The lowest BCUT2D eigenvalue weighted by atomic mass is 10.1. The number of hydrogen-bond donors (Lipinski definition) is 1. The van der Waals surface area contributed by atoms with E-state index in [1.54, 1.807) is 42.5 Å². The molecule has 1 aromatic heterocycles. The van der Waals surface area contributed by atoms with Gasteiger partial charge in [-0.2, -0.15) is 5.10 Å². The smallest absolute Gasteiger partial charge is 0.266 e. The SMILES string of the molecule is COc1ccc(S(=O)(=O)NCCn2nc(-c3ccc(Cl)cc3)ccc2=O)cc1. The Hall–Kier alpha value is -2.68. The normalized spacial score (nSPS) is 11.4. The zero-order valence-corrected chi connectivity index (χ0v) is 16.6. The van der Waals surface area contributed by atoms with Crippen molar-refractivity contribution < 1.29 is 13.2 Å². The summed E-state index contributed by atoms with van der Waals surface area (Å²) in [5, 5.41) is 4.90. The monoisotopic (exact) mass is 419 g/mol. The van der Waals surface area contributed by atoms with Gasteiger partial charge in [-0.15, -0.1) is 0 Å². The number of nitrogens with one attached hydrogen (secondary N) is 1. The highest BCUT2D eigenvalue weighted by Gasteiger charge is 2.13. The average molecular weight is 420 g/mol. The molecular formula is C19H18ClN3O4S. The third kappa shape index (κ3) is 4.78. The maximum absolute atomic E-state index is 12.4. The Morgan fingerprint density at radius 2 is 1.71 bits per heavy atom. The van der Waals surface area contributed by atoms with E-state index in [0.29, 0.717) is 16.5 Å². The van der Waals surface area contributed by atoms with E-state index in [4.69, 9.17) is 16.3 Å². The largest absolute Gasteiger partial charge is 0.497 e. The van der Waals surface area contributed by atoms with Crippen molar-refractivity contribution in [1.82, 2.24) is 14.5 Å². The van der Waals surface area contributed by atoms with Crippen LogP contribution in [0.4, 0.5) is 0 Å². The Balaban J connectivity index is 1.70. The maximum Gasteiger partial charge on any atom is 0.266 e. The fraction of sp³-hybridized carbons (Fsp3) is 0.158. The van der Waals surface area contributed by atoms with Gasteiger partial charge < -0.3 is 4.74 Å². The zero-order valence-electron chi connectivity index (χ0n) is 15.0. The van der Waals surface area contributed by atoms with Crippen molar-refractivity contribution in [2.45, 2.75) is 11.4 Å². The van der Waals surface area contributed by atoms with E-state index in [-0.39, 0.29) is 23.5 Å². The Bertz CT molecular complexity index is 1110. The van der Waals surface area contributed by atoms with Crippen LogP contribution in [0.15, 0.2) is 70.4 Å². The van der Waals surface area contributed by atoms with Crippen LogP contribution in [0.1, 0.15) is 0 Å². The number of nitrogens with zero attached hydrogens (tertiary/aromatic N) is 2. The molecule has 0 bridgehead atoms. The summed E-state index contributed by atoms with van der Waals surface area (Å²) in [7, 11) is -2.19. The molecular weight excluding hydrogens is 402 g/mol. The van der Waals surface area contributed by atoms with Crippen LogP contribution in [-0.4, -0.2) is 31.9 Å². The van der Waals surface area contributed by atoms with Gasteiger partial charge in [-0.3, -0.25) is 4.79 Å². The van der Waals surface area contributed by atoms with Crippen LogP contribution in [0, 0.1) is 0 Å². The minimum Gasteiger partial charge on any atom is -0.497 e. The van der Waals surface area contributed by atoms with Gasteiger partial charge in [0.05, 0.1) is 24.2 Å². The number of ether oxygens (including phenoxy) is 1. The molecule has 0 unspecified atom stereocenters. The van der Waals surface area contributed by atoms with Crippen LogP contribution in [0.25, 0.3) is 11.3 Å². The van der Waals surface area contributed by atoms with Crippen LogP contribution in [-0.2, 0) is 16.6 Å². The predicted octanol–water partition coefficient (Wildman–Crippen LogP) is 2.55. The van der Waals surface area contributed by atoms with Crippen molar-refractivity contribution in [3.8, 4) is 17.0 Å². The van der Waals surface area contributed by atoms with Gasteiger partial charge in [0.2, 0.25) is 10.0 Å². The predicted molar refractivity (Wildman–Crippen MR) is 107 cm³/mol. The molecule has 2 aromatic carbocycles. The lowest BCUT2D eigenvalue weighted by Crippen LogP contribution is -2.32. The quantitative estimate of drug-likeness (QED) is 0.635. The standard InChI is InChI=1S/C19H18ClN3O4S/c1-27-16-6-8-17(9-7-16)28(25,26)21-12-13-23-19(24)11-10-18(22-23)14-2-4-15(20)5-3-14/h2-11,21H,12-13H2,1H3. The third-order valence-electron chi connectivity index (χ3n) is 3.99. The molecule has 0 aliphatic rings. The molecule has 0 aliphatic heterocycles. The Labute approximate surface area is 167 Å². The molecule has 0 radical (unpaired) electrons. The van der Waals surface area contributed by atoms with E-state index < -0.39 is 10.0 Å². The maximum atomic E-state index is 12.4. The molecule has 0 aliphatic carbocycles. The second-order valence-electron chi connectivity index (χ2n) is 5.86. The summed E-state index contributed by atoms with van der Waals surface area (Å²) >= 11 is 5.89. The molecule has 1 heterocycles. The highest BCUT2D eigenvalue weighted by molar-refractivity contribution is 7.89. The van der Waals surface area contributed by atoms with Crippen molar-refractivity contribution in [3.63, 3.8) is 0 Å². The second kappa shape index (κ2) is 8.55. The van der Waals surface area contributed by atoms with E-state index in [9.17, 15) is 13.2 Å². The lowest BCUT2D eigenvalue weighted by molar-refractivity contribution is 0.414. The molecule has 0 fully saturated rings. The van der Waals surface area contributed by atoms with Crippen molar-refractivity contribution in [3.05, 3.63) is 76.0 Å². The first-order chi connectivity index (χ1) is 13.4. The highest BCUT2D eigenvalue weighted by Crippen LogP contribution is 2.18. The van der Waals surface area contributed by atoms with Gasteiger partial charge in [0, 0.05) is 23.2 Å². The Morgan fingerprint density at radius 1 is 1.04 bits per heavy atom. The molecule has 3 aromatic rings. The highest BCUT2D eigenvalue weighted by atomic mass is 35.5. The fourth-order valence-electron chi connectivity index (χ4n) is 2.51. The Morgan fingerprint density at radius 3 is 2.36 bits per heavy atom. The fourth-order valence-corrected chi connectivity index (χ4v) is 3.65. The molecule has 3 rings (SSSR count). The van der Waals surface area contributed by atoms with Gasteiger partial charge in [-0.25, -0.2) is 17.8 Å². The first-order valence-corrected chi connectivity index (χ1v) is 10.2. The molecule has 0 atom stereocenters. The molecule has 0 saturated carbocycles. The minimum absolute atomic E-state index is 0.0192. The number of hydrogen-bond acceptors (Lipinski definition) is 5. The van der Waals surface area contributed by atoms with Gasteiger partial charge in [-0.05, 0) is 42.5 Å². The van der Waals surface area contributed by atoms with Gasteiger partial charge in [-0.1, -0.05) is 23.7 Å². The van der Waals surface area contributed by atoms with E-state index in [0.717, 1.165) is 5.56 Å². The van der Waals surface area contributed by atoms with E-state index in [1.165, 1.54) is 30.0 Å². The van der Waals surface area contributed by atoms with Gasteiger partial charge in [0.25, 0.3) is 5.56 Å². The second-order valence-corrected chi connectivity index (χ2v) is 8.06. The average Bonchev–Trinajstić information content (AvgIpc) is 2.70. The number of aromatic nitrogens is 2. The minimum atomic E-state index is -3.70. The molecule has 1 N–H and O–H groups in total. The number of benzene rings is 2. The molecule has 0 saturated heterocycles. The molecule has 146 valence electrons. The van der Waals surface area contributed by atoms with Crippen LogP contribution in [0.2, 0.25) is 5.02 Å². The summed E-state index contributed by atoms with van der Waals surface area (Å²) in [6.45, 7) is 0.112. The van der Waals surface area contributed by atoms with Crippen LogP contribution >= 0.6 is 11.6 Å². The summed E-state index contributed by atoms with van der Waals surface area (Å²) < 4.78 is 33.4. The first kappa shape index (κ1) is 20.1. The topological polar surface area (TPSA) is 90.3 Å². The summed E-state index contributed by atoms with van der Waals surface area (Å²) in [5.41, 5.74) is 1.08. The molecule has 0 amide bonds. The lowest BCUT2D eigenvalue weighted by Gasteiger charge is -2.10.